The van der Waals surface area contributed by atoms with Gasteiger partial charge in [-0.1, -0.05) is 11.6 Å². The van der Waals surface area contributed by atoms with Gasteiger partial charge < -0.3 is 4.74 Å². The van der Waals surface area contributed by atoms with E-state index in [4.69, 9.17) is 21.6 Å². The van der Waals surface area contributed by atoms with E-state index in [1.54, 1.807) is 0 Å². The fourth-order valence-corrected chi connectivity index (χ4v) is 2.64. The van der Waals surface area contributed by atoms with Gasteiger partial charge in [-0.05, 0) is 18.2 Å². The lowest BCUT2D eigenvalue weighted by Crippen LogP contribution is -2.25. The molecule has 0 bridgehead atoms. The largest absolute Gasteiger partial charge is 0.495 e. The van der Waals surface area contributed by atoms with Gasteiger partial charge in [0.2, 0.25) is 10.0 Å². The number of benzene rings is 1. The van der Waals surface area contributed by atoms with Crippen LogP contribution in [0.2, 0.25) is 5.02 Å². The Bertz CT molecular complexity index is 537. The van der Waals surface area contributed by atoms with Gasteiger partial charge in [0.25, 0.3) is 0 Å². The smallest absolute Gasteiger partial charge is 0.244 e. The molecule has 0 fully saturated rings. The zero-order valence-corrected chi connectivity index (χ0v) is 10.7. The van der Waals surface area contributed by atoms with Crippen molar-refractivity contribution >= 4 is 21.6 Å². The van der Waals surface area contributed by atoms with Gasteiger partial charge in [-0.3, -0.25) is 0 Å². The van der Waals surface area contributed by atoms with Crippen LogP contribution in [0.25, 0.3) is 0 Å². The van der Waals surface area contributed by atoms with Crippen LogP contribution in [0.1, 0.15) is 6.42 Å². The summed E-state index contributed by atoms with van der Waals surface area (Å²) in [6.45, 7) is 0.0501. The van der Waals surface area contributed by atoms with E-state index < -0.39 is 10.0 Å². The first-order valence-corrected chi connectivity index (χ1v) is 6.57. The Morgan fingerprint density at radius 3 is 2.82 bits per heavy atom. The average Bonchev–Trinajstić information content (AvgIpc) is 2.29. The highest BCUT2D eigenvalue weighted by atomic mass is 35.5. The Hall–Kier alpha value is -1.29. The third kappa shape index (κ3) is 3.60. The molecule has 1 N–H and O–H groups in total. The summed E-state index contributed by atoms with van der Waals surface area (Å²) in [5.41, 5.74) is 0. The fourth-order valence-electron chi connectivity index (χ4n) is 1.18. The Morgan fingerprint density at radius 1 is 1.53 bits per heavy atom. The molecule has 0 amide bonds. The fraction of sp³-hybridized carbons (Fsp3) is 0.300. The Kier molecular flexibility index (Phi) is 4.75. The molecule has 0 radical (unpaired) electrons. The number of methoxy groups -OCH3 is 1. The van der Waals surface area contributed by atoms with Crippen LogP contribution in [0, 0.1) is 11.3 Å². The van der Waals surface area contributed by atoms with Crippen molar-refractivity contribution in [2.45, 2.75) is 11.3 Å². The third-order valence-corrected chi connectivity index (χ3v) is 3.66. The SMILES string of the molecule is COc1ccc(Cl)cc1S(=O)(=O)NCCC#N. The molecule has 7 heteroatoms. The van der Waals surface area contributed by atoms with Crippen molar-refractivity contribution in [2.75, 3.05) is 13.7 Å². The quantitative estimate of drug-likeness (QED) is 0.826. The highest BCUT2D eigenvalue weighted by Gasteiger charge is 2.19. The molecule has 92 valence electrons. The molecule has 0 heterocycles. The molecule has 1 aromatic carbocycles. The molecule has 0 aliphatic heterocycles. The van der Waals surface area contributed by atoms with E-state index >= 15 is 0 Å². The van der Waals surface area contributed by atoms with Crippen molar-refractivity contribution < 1.29 is 13.2 Å². The van der Waals surface area contributed by atoms with Gasteiger partial charge in [0, 0.05) is 18.0 Å². The molecule has 0 spiro atoms. The summed E-state index contributed by atoms with van der Waals surface area (Å²) in [5.74, 6) is 0.207. The molecule has 1 rings (SSSR count). The van der Waals surface area contributed by atoms with E-state index in [0.717, 1.165) is 0 Å². The van der Waals surface area contributed by atoms with Gasteiger partial charge in [0.15, 0.2) is 0 Å². The standard InChI is InChI=1S/C10H11ClN2O3S/c1-16-9-4-3-8(11)7-10(9)17(14,15)13-6-2-5-12/h3-4,7,13H,2,6H2,1H3. The van der Waals surface area contributed by atoms with E-state index in [-0.39, 0.29) is 23.6 Å². The van der Waals surface area contributed by atoms with Crippen molar-refractivity contribution in [1.82, 2.24) is 4.72 Å². The Labute approximate surface area is 105 Å². The first-order valence-electron chi connectivity index (χ1n) is 4.71. The van der Waals surface area contributed by atoms with E-state index in [1.165, 1.54) is 25.3 Å². The van der Waals surface area contributed by atoms with Crippen LogP contribution in [-0.4, -0.2) is 22.1 Å². The molecule has 0 atom stereocenters. The van der Waals surface area contributed by atoms with Crippen LogP contribution in [-0.2, 0) is 10.0 Å². The number of ether oxygens (including phenoxy) is 1. The van der Waals surface area contributed by atoms with Gasteiger partial charge >= 0.3 is 0 Å². The lowest BCUT2D eigenvalue weighted by atomic mass is 10.3. The van der Waals surface area contributed by atoms with Gasteiger partial charge in [-0.25, -0.2) is 13.1 Å². The molecule has 0 aromatic heterocycles. The van der Waals surface area contributed by atoms with Crippen LogP contribution in [0.5, 0.6) is 5.75 Å². The van der Waals surface area contributed by atoms with Crippen LogP contribution in [0.15, 0.2) is 23.1 Å². The van der Waals surface area contributed by atoms with Crippen molar-refractivity contribution in [1.29, 1.82) is 5.26 Å². The second-order valence-electron chi connectivity index (χ2n) is 3.10. The first kappa shape index (κ1) is 13.8. The Morgan fingerprint density at radius 2 is 2.24 bits per heavy atom. The van der Waals surface area contributed by atoms with Gasteiger partial charge in [0.05, 0.1) is 13.2 Å². The van der Waals surface area contributed by atoms with E-state index in [2.05, 4.69) is 4.72 Å². The van der Waals surface area contributed by atoms with Crippen LogP contribution >= 0.6 is 11.6 Å². The number of hydrogen-bond acceptors (Lipinski definition) is 4. The van der Waals surface area contributed by atoms with Gasteiger partial charge in [-0.15, -0.1) is 0 Å². The molecule has 0 aliphatic carbocycles. The maximum atomic E-state index is 11.9. The first-order chi connectivity index (χ1) is 8.01. The lowest BCUT2D eigenvalue weighted by Gasteiger charge is -2.10. The normalized spacial score (nSPS) is 10.9. The number of sulfonamides is 1. The molecular weight excluding hydrogens is 264 g/mol. The minimum atomic E-state index is -3.71. The summed E-state index contributed by atoms with van der Waals surface area (Å²) >= 11 is 5.74. The third-order valence-electron chi connectivity index (χ3n) is 1.94. The van der Waals surface area contributed by atoms with Crippen LogP contribution < -0.4 is 9.46 Å². The van der Waals surface area contributed by atoms with Crippen molar-refractivity contribution in [3.05, 3.63) is 23.2 Å². The zero-order valence-electron chi connectivity index (χ0n) is 9.10. The topological polar surface area (TPSA) is 79.2 Å². The predicted molar refractivity (Wildman–Crippen MR) is 63.4 cm³/mol. The zero-order chi connectivity index (χ0) is 12.9. The summed E-state index contributed by atoms with van der Waals surface area (Å²) in [6, 6.07) is 6.16. The van der Waals surface area contributed by atoms with Crippen molar-refractivity contribution in [2.24, 2.45) is 0 Å². The van der Waals surface area contributed by atoms with E-state index in [9.17, 15) is 8.42 Å². The molecule has 0 saturated carbocycles. The second kappa shape index (κ2) is 5.87. The highest BCUT2D eigenvalue weighted by molar-refractivity contribution is 7.89. The molecular formula is C10H11ClN2O3S. The Balaban J connectivity index is 3.05. The summed E-state index contributed by atoms with van der Waals surface area (Å²) < 4.78 is 31.0. The highest BCUT2D eigenvalue weighted by Crippen LogP contribution is 2.26. The predicted octanol–water partition coefficient (Wildman–Crippen LogP) is 1.54. The summed E-state index contributed by atoms with van der Waals surface area (Å²) in [5, 5.41) is 8.65. The summed E-state index contributed by atoms with van der Waals surface area (Å²) in [4.78, 5) is -0.0366. The maximum Gasteiger partial charge on any atom is 0.244 e. The minimum absolute atomic E-state index is 0.0366. The van der Waals surface area contributed by atoms with Crippen molar-refractivity contribution in [3.8, 4) is 11.8 Å². The number of hydrogen-bond donors (Lipinski definition) is 1. The number of nitriles is 1. The average molecular weight is 275 g/mol. The molecule has 1 aromatic rings. The number of nitrogens with one attached hydrogen (secondary N) is 1. The second-order valence-corrected chi connectivity index (χ2v) is 5.27. The van der Waals surface area contributed by atoms with E-state index in [0.29, 0.717) is 5.02 Å². The minimum Gasteiger partial charge on any atom is -0.495 e. The van der Waals surface area contributed by atoms with Gasteiger partial charge in [-0.2, -0.15) is 5.26 Å². The molecule has 0 unspecified atom stereocenters. The van der Waals surface area contributed by atoms with E-state index in [1.807, 2.05) is 6.07 Å². The number of rotatable bonds is 5. The monoisotopic (exact) mass is 274 g/mol. The summed E-state index contributed by atoms with van der Waals surface area (Å²) in [6.07, 6.45) is 0.0993. The maximum absolute atomic E-state index is 11.9. The van der Waals surface area contributed by atoms with Crippen LogP contribution in [0.3, 0.4) is 0 Å². The number of halogens is 1. The number of nitrogens with zero attached hydrogens (tertiary/aromatic N) is 1. The summed E-state index contributed by atoms with van der Waals surface area (Å²) in [7, 11) is -2.34. The lowest BCUT2D eigenvalue weighted by molar-refractivity contribution is 0.402. The van der Waals surface area contributed by atoms with Crippen LogP contribution in [0.4, 0.5) is 0 Å². The van der Waals surface area contributed by atoms with Gasteiger partial charge in [0.1, 0.15) is 10.6 Å². The molecule has 17 heavy (non-hydrogen) atoms. The molecule has 5 nitrogen and oxygen atoms in total. The van der Waals surface area contributed by atoms with Crippen molar-refractivity contribution in [3.63, 3.8) is 0 Å². The molecule has 0 saturated heterocycles. The molecule has 0 aliphatic rings.